The predicted molar refractivity (Wildman–Crippen MR) is 88.7 cm³/mol. The SMILES string of the molecule is C[C@@H](OC(=O)/C=C/c1ccsc1)C(=O)N(C)[C@@H]1CCS(=O)(=O)C1. The quantitative estimate of drug-likeness (QED) is 0.587. The molecule has 1 fully saturated rings. The molecule has 1 amide bonds. The average molecular weight is 357 g/mol. The number of hydrogen-bond acceptors (Lipinski definition) is 6. The number of likely N-dealkylation sites (N-methyl/N-ethyl adjacent to an activating group) is 1. The summed E-state index contributed by atoms with van der Waals surface area (Å²) in [5, 5.41) is 3.77. The van der Waals surface area contributed by atoms with Gasteiger partial charge in [0.2, 0.25) is 0 Å². The van der Waals surface area contributed by atoms with Crippen LogP contribution >= 0.6 is 11.3 Å². The van der Waals surface area contributed by atoms with E-state index >= 15 is 0 Å². The first-order valence-corrected chi connectivity index (χ1v) is 9.93. The zero-order valence-corrected chi connectivity index (χ0v) is 14.6. The highest BCUT2D eigenvalue weighted by Crippen LogP contribution is 2.17. The Hall–Kier alpha value is -1.67. The van der Waals surface area contributed by atoms with Crippen molar-refractivity contribution in [1.82, 2.24) is 4.90 Å². The standard InChI is InChI=1S/C15H19NO5S2/c1-11(21-14(17)4-3-12-5-7-22-9-12)15(18)16(2)13-6-8-23(19,20)10-13/h3-5,7,9,11,13H,6,8,10H2,1-2H3/b4-3+/t11-,13-/m1/s1. The Bertz CT molecular complexity index is 693. The van der Waals surface area contributed by atoms with Gasteiger partial charge in [0.1, 0.15) is 0 Å². The smallest absolute Gasteiger partial charge is 0.331 e. The molecule has 8 heteroatoms. The summed E-state index contributed by atoms with van der Waals surface area (Å²) in [4.78, 5) is 25.3. The summed E-state index contributed by atoms with van der Waals surface area (Å²) in [6.45, 7) is 1.48. The molecule has 126 valence electrons. The van der Waals surface area contributed by atoms with Crippen molar-refractivity contribution in [2.75, 3.05) is 18.6 Å². The molecule has 2 heterocycles. The molecule has 0 N–H and O–H groups in total. The molecule has 0 unspecified atom stereocenters. The molecule has 0 spiro atoms. The van der Waals surface area contributed by atoms with Crippen LogP contribution < -0.4 is 0 Å². The number of amides is 1. The molecule has 1 aromatic heterocycles. The third-order valence-corrected chi connectivity index (χ3v) is 6.15. The maximum Gasteiger partial charge on any atom is 0.331 e. The van der Waals surface area contributed by atoms with Crippen LogP contribution in [0.5, 0.6) is 0 Å². The van der Waals surface area contributed by atoms with Crippen LogP contribution in [-0.2, 0) is 24.2 Å². The van der Waals surface area contributed by atoms with Crippen LogP contribution in [0.4, 0.5) is 0 Å². The largest absolute Gasteiger partial charge is 0.449 e. The molecule has 1 aliphatic heterocycles. The fraction of sp³-hybridized carbons (Fsp3) is 0.467. The fourth-order valence-corrected chi connectivity index (χ4v) is 4.75. The zero-order valence-electron chi connectivity index (χ0n) is 13.0. The molecule has 0 saturated carbocycles. The maximum atomic E-state index is 12.2. The van der Waals surface area contributed by atoms with Gasteiger partial charge >= 0.3 is 5.97 Å². The van der Waals surface area contributed by atoms with Crippen molar-refractivity contribution < 1.29 is 22.7 Å². The molecule has 23 heavy (non-hydrogen) atoms. The molecule has 0 aromatic carbocycles. The van der Waals surface area contributed by atoms with Crippen LogP contribution in [0.25, 0.3) is 6.08 Å². The van der Waals surface area contributed by atoms with Gasteiger partial charge in [0.15, 0.2) is 15.9 Å². The zero-order chi connectivity index (χ0) is 17.0. The summed E-state index contributed by atoms with van der Waals surface area (Å²) in [5.41, 5.74) is 0.888. The second-order valence-electron chi connectivity index (χ2n) is 5.48. The van der Waals surface area contributed by atoms with Crippen molar-refractivity contribution in [3.63, 3.8) is 0 Å². The number of thiophene rings is 1. The van der Waals surface area contributed by atoms with Crippen LogP contribution in [0.15, 0.2) is 22.9 Å². The second kappa shape index (κ2) is 7.27. The average Bonchev–Trinajstić information content (AvgIpc) is 3.12. The number of carbonyl (C=O) groups is 2. The van der Waals surface area contributed by atoms with Crippen molar-refractivity contribution >= 4 is 39.1 Å². The van der Waals surface area contributed by atoms with Gasteiger partial charge in [-0.1, -0.05) is 0 Å². The van der Waals surface area contributed by atoms with Crippen molar-refractivity contribution in [1.29, 1.82) is 0 Å². The lowest BCUT2D eigenvalue weighted by Gasteiger charge is -2.26. The normalized spacial score (nSPS) is 21.2. The molecule has 6 nitrogen and oxygen atoms in total. The summed E-state index contributed by atoms with van der Waals surface area (Å²) in [7, 11) is -1.53. The number of rotatable bonds is 5. The van der Waals surface area contributed by atoms with E-state index in [4.69, 9.17) is 4.74 Å². The predicted octanol–water partition coefficient (Wildman–Crippen LogP) is 1.34. The minimum atomic E-state index is -3.07. The fourth-order valence-electron chi connectivity index (χ4n) is 2.35. The highest BCUT2D eigenvalue weighted by atomic mass is 32.2. The lowest BCUT2D eigenvalue weighted by Crippen LogP contribution is -2.44. The molecular weight excluding hydrogens is 338 g/mol. The van der Waals surface area contributed by atoms with Gasteiger partial charge in [0.05, 0.1) is 11.5 Å². The summed E-state index contributed by atoms with van der Waals surface area (Å²) in [5.74, 6) is -0.949. The third-order valence-electron chi connectivity index (χ3n) is 3.70. The highest BCUT2D eigenvalue weighted by Gasteiger charge is 2.34. The molecule has 1 aromatic rings. The van der Waals surface area contributed by atoms with Gasteiger partial charge in [0.25, 0.3) is 5.91 Å². The second-order valence-corrected chi connectivity index (χ2v) is 8.48. The van der Waals surface area contributed by atoms with E-state index in [1.54, 1.807) is 13.1 Å². The van der Waals surface area contributed by atoms with Crippen molar-refractivity contribution in [2.24, 2.45) is 0 Å². The molecular formula is C15H19NO5S2. The summed E-state index contributed by atoms with van der Waals surface area (Å²) in [6, 6.07) is 1.51. The molecule has 2 atom stereocenters. The Kier molecular flexibility index (Phi) is 5.59. The first-order valence-electron chi connectivity index (χ1n) is 7.16. The number of sulfone groups is 1. The van der Waals surface area contributed by atoms with E-state index in [1.807, 2.05) is 16.8 Å². The highest BCUT2D eigenvalue weighted by molar-refractivity contribution is 7.91. The number of hydrogen-bond donors (Lipinski definition) is 0. The number of carbonyl (C=O) groups excluding carboxylic acids is 2. The van der Waals surface area contributed by atoms with Gasteiger partial charge in [0, 0.05) is 19.2 Å². The first kappa shape index (κ1) is 17.7. The molecule has 0 aliphatic carbocycles. The lowest BCUT2D eigenvalue weighted by molar-refractivity contribution is -0.155. The minimum absolute atomic E-state index is 0.0338. The van der Waals surface area contributed by atoms with Crippen molar-refractivity contribution in [3.05, 3.63) is 28.5 Å². The summed E-state index contributed by atoms with van der Waals surface area (Å²) >= 11 is 1.51. The molecule has 2 rings (SSSR count). The van der Waals surface area contributed by atoms with E-state index in [-0.39, 0.29) is 17.5 Å². The van der Waals surface area contributed by atoms with Crippen molar-refractivity contribution in [2.45, 2.75) is 25.5 Å². The molecule has 0 bridgehead atoms. The van der Waals surface area contributed by atoms with Crippen molar-refractivity contribution in [3.8, 4) is 0 Å². The van der Waals surface area contributed by atoms with Gasteiger partial charge in [-0.05, 0) is 41.8 Å². The molecule has 1 saturated heterocycles. The number of nitrogens with zero attached hydrogens (tertiary/aromatic N) is 1. The van der Waals surface area contributed by atoms with E-state index in [1.165, 1.54) is 29.2 Å². The Morgan fingerprint density at radius 3 is 2.78 bits per heavy atom. The maximum absolute atomic E-state index is 12.2. The van der Waals surface area contributed by atoms with E-state index < -0.39 is 27.8 Å². The third kappa shape index (κ3) is 4.90. The van der Waals surface area contributed by atoms with Gasteiger partial charge in [-0.15, -0.1) is 0 Å². The van der Waals surface area contributed by atoms with E-state index in [2.05, 4.69) is 0 Å². The number of esters is 1. The van der Waals surface area contributed by atoms with E-state index in [0.29, 0.717) is 6.42 Å². The van der Waals surface area contributed by atoms with Crippen LogP contribution in [0.3, 0.4) is 0 Å². The van der Waals surface area contributed by atoms with Crippen LogP contribution in [-0.4, -0.2) is 55.9 Å². The monoisotopic (exact) mass is 357 g/mol. The van der Waals surface area contributed by atoms with Crippen LogP contribution in [0.2, 0.25) is 0 Å². The lowest BCUT2D eigenvalue weighted by atomic mass is 10.2. The first-order chi connectivity index (χ1) is 10.8. The minimum Gasteiger partial charge on any atom is -0.449 e. The van der Waals surface area contributed by atoms with Crippen LogP contribution in [0.1, 0.15) is 18.9 Å². The Morgan fingerprint density at radius 1 is 1.48 bits per heavy atom. The van der Waals surface area contributed by atoms with Gasteiger partial charge in [-0.3, -0.25) is 4.79 Å². The van der Waals surface area contributed by atoms with Gasteiger partial charge < -0.3 is 9.64 Å². The Balaban J connectivity index is 1.88. The van der Waals surface area contributed by atoms with Crippen LogP contribution in [0, 0.1) is 0 Å². The van der Waals surface area contributed by atoms with E-state index in [0.717, 1.165) is 5.56 Å². The topological polar surface area (TPSA) is 80.8 Å². The summed E-state index contributed by atoms with van der Waals surface area (Å²) in [6.07, 6.45) is 2.35. The Morgan fingerprint density at radius 2 is 2.22 bits per heavy atom. The van der Waals surface area contributed by atoms with Gasteiger partial charge in [-0.25, -0.2) is 13.2 Å². The van der Waals surface area contributed by atoms with E-state index in [9.17, 15) is 18.0 Å². The Labute approximate surface area is 139 Å². The molecule has 0 radical (unpaired) electrons. The van der Waals surface area contributed by atoms with Gasteiger partial charge in [-0.2, -0.15) is 11.3 Å². The molecule has 1 aliphatic rings. The number of ether oxygens (including phenoxy) is 1. The summed E-state index contributed by atoms with van der Waals surface area (Å²) < 4.78 is 28.0.